The predicted molar refractivity (Wildman–Crippen MR) is 63.0 cm³/mol. The van der Waals surface area contributed by atoms with Crippen LogP contribution in [0.5, 0.6) is 0 Å². The average Bonchev–Trinajstić information content (AvgIpc) is 2.74. The van der Waals surface area contributed by atoms with Crippen LogP contribution in [-0.4, -0.2) is 17.4 Å². The van der Waals surface area contributed by atoms with E-state index in [4.69, 9.17) is 0 Å². The molecule has 1 atom stereocenters. The lowest BCUT2D eigenvalue weighted by Gasteiger charge is -2.34. The molecule has 0 radical (unpaired) electrons. The number of thiophene rings is 1. The minimum Gasteiger partial charge on any atom is -0.332 e. The number of fused-ring (bicyclic) bond motifs is 1. The second kappa shape index (κ2) is 4.19. The lowest BCUT2D eigenvalue weighted by Crippen LogP contribution is -2.38. The number of carbonyl (C=O) groups is 1. The van der Waals surface area contributed by atoms with E-state index >= 15 is 0 Å². The maximum atomic E-state index is 11.7. The van der Waals surface area contributed by atoms with Crippen molar-refractivity contribution in [2.75, 3.05) is 6.54 Å². The van der Waals surface area contributed by atoms with Gasteiger partial charge in [0.1, 0.15) is 0 Å². The van der Waals surface area contributed by atoms with Gasteiger partial charge in [-0.25, -0.2) is 0 Å². The van der Waals surface area contributed by atoms with Gasteiger partial charge in [-0.05, 0) is 35.9 Å². The van der Waals surface area contributed by atoms with Gasteiger partial charge in [-0.3, -0.25) is 4.79 Å². The highest BCUT2D eigenvalue weighted by Crippen LogP contribution is 2.35. The summed E-state index contributed by atoms with van der Waals surface area (Å²) in [5.41, 5.74) is 1.34. The van der Waals surface area contributed by atoms with Gasteiger partial charge in [0.15, 0.2) is 0 Å². The molecule has 0 aliphatic carbocycles. The van der Waals surface area contributed by atoms with E-state index < -0.39 is 0 Å². The Kier molecular flexibility index (Phi) is 2.91. The van der Waals surface area contributed by atoms with E-state index in [1.165, 1.54) is 16.5 Å². The van der Waals surface area contributed by atoms with Crippen molar-refractivity contribution in [2.45, 2.75) is 25.8 Å². The van der Waals surface area contributed by atoms with Crippen LogP contribution in [0, 0.1) is 0 Å². The van der Waals surface area contributed by atoms with E-state index in [-0.39, 0.29) is 11.9 Å². The van der Waals surface area contributed by atoms with Gasteiger partial charge in [-0.2, -0.15) is 0 Å². The Morgan fingerprint density at radius 3 is 3.27 bits per heavy atom. The smallest absolute Gasteiger partial charge is 0.246 e. The molecule has 1 aromatic rings. The third kappa shape index (κ3) is 1.72. The fourth-order valence-electron chi connectivity index (χ4n) is 2.22. The highest BCUT2D eigenvalue weighted by molar-refractivity contribution is 7.10. The number of amides is 1. The van der Waals surface area contributed by atoms with Crippen molar-refractivity contribution in [1.29, 1.82) is 0 Å². The topological polar surface area (TPSA) is 20.3 Å². The van der Waals surface area contributed by atoms with Gasteiger partial charge in [0.2, 0.25) is 5.91 Å². The molecule has 3 heteroatoms. The molecule has 0 N–H and O–H groups in total. The third-order valence-corrected chi connectivity index (χ3v) is 3.94. The van der Waals surface area contributed by atoms with Gasteiger partial charge < -0.3 is 4.90 Å². The number of carbonyl (C=O) groups excluding carboxylic acids is 1. The minimum atomic E-state index is 0.0544. The second-order valence-corrected chi connectivity index (χ2v) is 4.71. The van der Waals surface area contributed by atoms with Crippen LogP contribution in [0.1, 0.15) is 29.8 Å². The first-order chi connectivity index (χ1) is 7.27. The van der Waals surface area contributed by atoms with Crippen LogP contribution in [0.25, 0.3) is 0 Å². The van der Waals surface area contributed by atoms with E-state index in [1.54, 1.807) is 11.3 Å². The Morgan fingerprint density at radius 2 is 2.60 bits per heavy atom. The highest BCUT2D eigenvalue weighted by Gasteiger charge is 2.28. The molecular formula is C12H15NOS. The SMILES string of the molecule is C=CC(=O)N1CCc2sccc2[C@H]1CC. The van der Waals surface area contributed by atoms with Crippen LogP contribution < -0.4 is 0 Å². The van der Waals surface area contributed by atoms with Gasteiger partial charge in [0.25, 0.3) is 0 Å². The van der Waals surface area contributed by atoms with Crippen LogP contribution in [0.2, 0.25) is 0 Å². The first-order valence-corrected chi connectivity index (χ1v) is 6.15. The summed E-state index contributed by atoms with van der Waals surface area (Å²) in [6.07, 6.45) is 3.38. The number of hydrogen-bond donors (Lipinski definition) is 0. The quantitative estimate of drug-likeness (QED) is 0.703. The number of rotatable bonds is 2. The summed E-state index contributed by atoms with van der Waals surface area (Å²) in [5, 5.41) is 2.12. The Morgan fingerprint density at radius 1 is 1.80 bits per heavy atom. The van der Waals surface area contributed by atoms with E-state index in [0.29, 0.717) is 0 Å². The highest BCUT2D eigenvalue weighted by atomic mass is 32.1. The zero-order chi connectivity index (χ0) is 10.8. The third-order valence-electron chi connectivity index (χ3n) is 2.94. The van der Waals surface area contributed by atoms with Gasteiger partial charge in [0, 0.05) is 11.4 Å². The summed E-state index contributed by atoms with van der Waals surface area (Å²) in [7, 11) is 0. The molecule has 0 bridgehead atoms. The molecule has 0 spiro atoms. The largest absolute Gasteiger partial charge is 0.332 e. The molecule has 15 heavy (non-hydrogen) atoms. The molecule has 80 valence electrons. The molecule has 1 aliphatic heterocycles. The monoisotopic (exact) mass is 221 g/mol. The maximum absolute atomic E-state index is 11.7. The van der Waals surface area contributed by atoms with Crippen molar-refractivity contribution in [2.24, 2.45) is 0 Å². The molecule has 1 amide bonds. The van der Waals surface area contributed by atoms with Crippen molar-refractivity contribution >= 4 is 17.2 Å². The lowest BCUT2D eigenvalue weighted by molar-refractivity contribution is -0.128. The van der Waals surface area contributed by atoms with Gasteiger partial charge in [0.05, 0.1) is 6.04 Å². The average molecular weight is 221 g/mol. The van der Waals surface area contributed by atoms with Crippen LogP contribution in [0.3, 0.4) is 0 Å². The molecule has 0 aromatic carbocycles. The number of hydrogen-bond acceptors (Lipinski definition) is 2. The van der Waals surface area contributed by atoms with Crippen LogP contribution in [0.4, 0.5) is 0 Å². The van der Waals surface area contributed by atoms with Gasteiger partial charge >= 0.3 is 0 Å². The normalized spacial score (nSPS) is 19.8. The predicted octanol–water partition coefficient (Wildman–Crippen LogP) is 2.77. The Labute approximate surface area is 94.2 Å². The second-order valence-electron chi connectivity index (χ2n) is 3.71. The zero-order valence-corrected chi connectivity index (χ0v) is 9.72. The molecule has 2 nitrogen and oxygen atoms in total. The Bertz CT molecular complexity index is 383. The Hall–Kier alpha value is -1.09. The van der Waals surface area contributed by atoms with Gasteiger partial charge in [-0.15, -0.1) is 11.3 Å². The molecule has 2 heterocycles. The summed E-state index contributed by atoms with van der Waals surface area (Å²) in [5.74, 6) is 0.0544. The van der Waals surface area contributed by atoms with Crippen molar-refractivity contribution < 1.29 is 4.79 Å². The lowest BCUT2D eigenvalue weighted by atomic mass is 9.98. The molecular weight excluding hydrogens is 206 g/mol. The Balaban J connectivity index is 2.32. The summed E-state index contributed by atoms with van der Waals surface area (Å²) in [6, 6.07) is 2.40. The molecule has 0 saturated heterocycles. The fraction of sp³-hybridized carbons (Fsp3) is 0.417. The summed E-state index contributed by atoms with van der Waals surface area (Å²) >= 11 is 1.80. The van der Waals surface area contributed by atoms with Crippen molar-refractivity contribution in [3.8, 4) is 0 Å². The van der Waals surface area contributed by atoms with E-state index in [1.807, 2.05) is 4.90 Å². The summed E-state index contributed by atoms with van der Waals surface area (Å²) < 4.78 is 0. The molecule has 0 unspecified atom stereocenters. The van der Waals surface area contributed by atoms with Crippen LogP contribution in [0.15, 0.2) is 24.1 Å². The summed E-state index contributed by atoms with van der Waals surface area (Å²) in [4.78, 5) is 15.1. The fourth-order valence-corrected chi connectivity index (χ4v) is 3.15. The summed E-state index contributed by atoms with van der Waals surface area (Å²) in [6.45, 7) is 6.52. The number of nitrogens with zero attached hydrogens (tertiary/aromatic N) is 1. The first-order valence-electron chi connectivity index (χ1n) is 5.27. The molecule has 2 rings (SSSR count). The van der Waals surface area contributed by atoms with Crippen molar-refractivity contribution in [3.05, 3.63) is 34.5 Å². The minimum absolute atomic E-state index is 0.0544. The molecule has 1 aliphatic rings. The van der Waals surface area contributed by atoms with Crippen LogP contribution >= 0.6 is 11.3 Å². The first kappa shape index (κ1) is 10.4. The van der Waals surface area contributed by atoms with Crippen molar-refractivity contribution in [1.82, 2.24) is 4.90 Å². The van der Waals surface area contributed by atoms with E-state index in [9.17, 15) is 4.79 Å². The van der Waals surface area contributed by atoms with Crippen molar-refractivity contribution in [3.63, 3.8) is 0 Å². The molecule has 0 fully saturated rings. The van der Waals surface area contributed by atoms with E-state index in [2.05, 4.69) is 24.9 Å². The van der Waals surface area contributed by atoms with Crippen LogP contribution in [-0.2, 0) is 11.2 Å². The molecule has 0 saturated carbocycles. The molecule has 1 aromatic heterocycles. The maximum Gasteiger partial charge on any atom is 0.246 e. The van der Waals surface area contributed by atoms with E-state index in [0.717, 1.165) is 19.4 Å². The van der Waals surface area contributed by atoms with Gasteiger partial charge in [-0.1, -0.05) is 13.5 Å². The standard InChI is InChI=1S/C12H15NOS/c1-3-10-9-6-8-15-11(9)5-7-13(10)12(14)4-2/h4,6,8,10H,2-3,5,7H2,1H3/t10-/m1/s1. The zero-order valence-electron chi connectivity index (χ0n) is 8.90.